The average molecular weight is 381 g/mol. The fourth-order valence-corrected chi connectivity index (χ4v) is 4.10. The van der Waals surface area contributed by atoms with E-state index in [0.29, 0.717) is 36.4 Å². The van der Waals surface area contributed by atoms with Crippen LogP contribution < -0.4 is 15.4 Å². The molecule has 3 rings (SSSR count). The summed E-state index contributed by atoms with van der Waals surface area (Å²) < 4.78 is 44.3. The first kappa shape index (κ1) is 19.3. The molecule has 1 saturated carbocycles. The third-order valence-electron chi connectivity index (χ3n) is 5.61. The van der Waals surface area contributed by atoms with Crippen molar-refractivity contribution in [1.29, 1.82) is 5.26 Å². The molecule has 0 spiro atoms. The topological polar surface area (TPSA) is 74.2 Å². The number of anilines is 1. The Morgan fingerprint density at radius 2 is 2.11 bits per heavy atom. The zero-order chi connectivity index (χ0) is 19.6. The molecule has 1 aromatic carbocycles. The Balaban J connectivity index is 1.62. The third-order valence-corrected chi connectivity index (χ3v) is 5.61. The van der Waals surface area contributed by atoms with E-state index in [2.05, 4.69) is 10.6 Å². The van der Waals surface area contributed by atoms with Gasteiger partial charge in [0.2, 0.25) is 5.91 Å². The van der Waals surface area contributed by atoms with Crippen LogP contribution in [0, 0.1) is 29.1 Å². The van der Waals surface area contributed by atoms with Gasteiger partial charge < -0.3 is 15.4 Å². The number of nitrogens with zero attached hydrogens (tertiary/aromatic N) is 1. The number of methoxy groups -OCH3 is 1. The van der Waals surface area contributed by atoms with Gasteiger partial charge in [-0.2, -0.15) is 18.4 Å². The molecule has 1 heterocycles. The van der Waals surface area contributed by atoms with E-state index in [1.54, 1.807) is 18.2 Å². The predicted molar refractivity (Wildman–Crippen MR) is 93.1 cm³/mol. The van der Waals surface area contributed by atoms with Gasteiger partial charge in [0.1, 0.15) is 11.8 Å². The van der Waals surface area contributed by atoms with Crippen molar-refractivity contribution < 1.29 is 22.7 Å². The molecule has 2 aliphatic rings. The largest absolute Gasteiger partial charge is 0.495 e. The van der Waals surface area contributed by atoms with Gasteiger partial charge >= 0.3 is 6.18 Å². The molecule has 1 aliphatic heterocycles. The fourth-order valence-electron chi connectivity index (χ4n) is 4.10. The van der Waals surface area contributed by atoms with Crippen molar-refractivity contribution in [2.45, 2.75) is 37.9 Å². The van der Waals surface area contributed by atoms with Crippen molar-refractivity contribution in [3.8, 4) is 11.8 Å². The molecule has 1 aliphatic carbocycles. The lowest BCUT2D eigenvalue weighted by Crippen LogP contribution is -2.54. The molecule has 8 heteroatoms. The number of alkyl halides is 3. The van der Waals surface area contributed by atoms with E-state index in [9.17, 15) is 18.0 Å². The Hall–Kier alpha value is -2.43. The van der Waals surface area contributed by atoms with E-state index in [1.165, 1.54) is 7.11 Å². The van der Waals surface area contributed by atoms with E-state index in [-0.39, 0.29) is 36.6 Å². The van der Waals surface area contributed by atoms with Crippen molar-refractivity contribution >= 4 is 11.6 Å². The van der Waals surface area contributed by atoms with Crippen molar-refractivity contribution in [3.05, 3.63) is 23.8 Å². The highest BCUT2D eigenvalue weighted by atomic mass is 19.4. The average Bonchev–Trinajstić information content (AvgIpc) is 2.64. The van der Waals surface area contributed by atoms with Crippen LogP contribution in [0.4, 0.5) is 18.9 Å². The molecule has 2 fully saturated rings. The second-order valence-corrected chi connectivity index (χ2v) is 7.27. The first-order valence-corrected chi connectivity index (χ1v) is 9.01. The molecule has 2 N–H and O–H groups in total. The fraction of sp³-hybridized carbons (Fsp3) is 0.579. The third kappa shape index (κ3) is 4.29. The number of rotatable bonds is 4. The molecular formula is C19H22F3N3O2. The Morgan fingerprint density at radius 3 is 2.78 bits per heavy atom. The van der Waals surface area contributed by atoms with Crippen molar-refractivity contribution in [2.75, 3.05) is 19.0 Å². The quantitative estimate of drug-likeness (QED) is 0.838. The minimum atomic E-state index is -4.17. The molecule has 1 saturated heterocycles. The molecule has 4 atom stereocenters. The van der Waals surface area contributed by atoms with Gasteiger partial charge in [-0.05, 0) is 43.7 Å². The van der Waals surface area contributed by atoms with Crippen LogP contribution in [-0.2, 0) is 4.79 Å². The van der Waals surface area contributed by atoms with Crippen LogP contribution in [0.2, 0.25) is 0 Å². The lowest BCUT2D eigenvalue weighted by molar-refractivity contribution is -0.189. The maximum Gasteiger partial charge on any atom is 0.391 e. The summed E-state index contributed by atoms with van der Waals surface area (Å²) in [5.41, 5.74) is 1.10. The summed E-state index contributed by atoms with van der Waals surface area (Å²) in [6.07, 6.45) is -3.18. The van der Waals surface area contributed by atoms with Crippen molar-refractivity contribution in [3.63, 3.8) is 0 Å². The van der Waals surface area contributed by atoms with Crippen molar-refractivity contribution in [2.24, 2.45) is 17.8 Å². The second kappa shape index (κ2) is 7.67. The van der Waals surface area contributed by atoms with Crippen LogP contribution in [0.5, 0.6) is 5.75 Å². The van der Waals surface area contributed by atoms with Crippen molar-refractivity contribution in [1.82, 2.24) is 5.32 Å². The van der Waals surface area contributed by atoms with Gasteiger partial charge in [0.05, 0.1) is 24.5 Å². The van der Waals surface area contributed by atoms with Gasteiger partial charge in [0.25, 0.3) is 0 Å². The highest BCUT2D eigenvalue weighted by molar-refractivity contribution is 5.80. The number of nitriles is 1. The summed E-state index contributed by atoms with van der Waals surface area (Å²) in [4.78, 5) is 12.3. The molecule has 0 radical (unpaired) electrons. The first-order chi connectivity index (χ1) is 12.8. The van der Waals surface area contributed by atoms with Crippen LogP contribution >= 0.6 is 0 Å². The van der Waals surface area contributed by atoms with Gasteiger partial charge in [0.15, 0.2) is 0 Å². The van der Waals surface area contributed by atoms with Crippen LogP contribution in [0.3, 0.4) is 0 Å². The lowest BCUT2D eigenvalue weighted by atomic mass is 9.71. The van der Waals surface area contributed by atoms with Crippen LogP contribution in [0.1, 0.15) is 31.2 Å². The van der Waals surface area contributed by atoms with Gasteiger partial charge in [-0.15, -0.1) is 0 Å². The predicted octanol–water partition coefficient (Wildman–Crippen LogP) is 3.46. The lowest BCUT2D eigenvalue weighted by Gasteiger charge is -2.42. The monoisotopic (exact) mass is 381 g/mol. The smallest absolute Gasteiger partial charge is 0.391 e. The number of carbonyl (C=O) groups excluding carboxylic acids is 1. The highest BCUT2D eigenvalue weighted by Crippen LogP contribution is 2.43. The molecular weight excluding hydrogens is 359 g/mol. The van der Waals surface area contributed by atoms with Gasteiger partial charge in [-0.3, -0.25) is 4.79 Å². The summed E-state index contributed by atoms with van der Waals surface area (Å²) in [6, 6.07) is 6.87. The number of carbonyl (C=O) groups is 1. The van der Waals surface area contributed by atoms with Gasteiger partial charge in [-0.1, -0.05) is 0 Å². The van der Waals surface area contributed by atoms with Crippen LogP contribution in [0.25, 0.3) is 0 Å². The maximum atomic E-state index is 13.0. The Bertz CT molecular complexity index is 745. The van der Waals surface area contributed by atoms with E-state index in [0.717, 1.165) is 0 Å². The Labute approximate surface area is 155 Å². The molecule has 0 aromatic heterocycles. The summed E-state index contributed by atoms with van der Waals surface area (Å²) in [6.45, 7) is 0.320. The summed E-state index contributed by atoms with van der Waals surface area (Å²) >= 11 is 0. The number of piperidine rings is 1. The van der Waals surface area contributed by atoms with Crippen LogP contribution in [0.15, 0.2) is 18.2 Å². The van der Waals surface area contributed by atoms with E-state index < -0.39 is 12.1 Å². The first-order valence-electron chi connectivity index (χ1n) is 9.01. The zero-order valence-corrected chi connectivity index (χ0v) is 15.0. The Kier molecular flexibility index (Phi) is 5.49. The molecule has 0 bridgehead atoms. The molecule has 1 amide bonds. The number of hydrogen-bond acceptors (Lipinski definition) is 4. The number of amides is 1. The van der Waals surface area contributed by atoms with Crippen LogP contribution in [-0.4, -0.2) is 31.8 Å². The molecule has 27 heavy (non-hydrogen) atoms. The number of fused-ring (bicyclic) bond motifs is 1. The maximum absolute atomic E-state index is 13.0. The number of hydrogen-bond donors (Lipinski definition) is 2. The summed E-state index contributed by atoms with van der Waals surface area (Å²) in [5.74, 6) is -1.50. The molecule has 4 unspecified atom stereocenters. The minimum Gasteiger partial charge on any atom is -0.495 e. The van der Waals surface area contributed by atoms with Gasteiger partial charge in [0, 0.05) is 24.3 Å². The minimum absolute atomic E-state index is 0.0790. The van der Waals surface area contributed by atoms with E-state index in [1.807, 2.05) is 6.07 Å². The molecule has 146 valence electrons. The normalized spacial score (nSPS) is 27.9. The van der Waals surface area contributed by atoms with E-state index in [4.69, 9.17) is 10.00 Å². The second-order valence-electron chi connectivity index (χ2n) is 7.27. The number of benzene rings is 1. The zero-order valence-electron chi connectivity index (χ0n) is 15.0. The summed E-state index contributed by atoms with van der Waals surface area (Å²) in [7, 11) is 1.47. The molecule has 5 nitrogen and oxygen atoms in total. The summed E-state index contributed by atoms with van der Waals surface area (Å²) in [5, 5.41) is 15.1. The number of halogens is 3. The Morgan fingerprint density at radius 1 is 1.33 bits per heavy atom. The number of nitrogens with one attached hydrogen (secondary N) is 2. The highest BCUT2D eigenvalue weighted by Gasteiger charge is 2.47. The molecule has 1 aromatic rings. The van der Waals surface area contributed by atoms with Gasteiger partial charge in [-0.25, -0.2) is 0 Å². The standard InChI is InChI=1S/C19H22F3N3O2/c1-27-17-8-15(4-2-11(17)9-23)24-10-13-6-12-7-14(19(20,21)22)3-5-16(12)25-18(13)26/h2,4,8,12-14,16,24H,3,5-7,10H2,1H3,(H,25,26). The van der Waals surface area contributed by atoms with E-state index >= 15 is 0 Å². The SMILES string of the molecule is COc1cc(NCC2CC3CC(C(F)(F)F)CCC3NC2=O)ccc1C#N. The number of ether oxygens (including phenoxy) is 1.